The molecular formula is C17H13Cl2FN2OS. The third-order valence-electron chi connectivity index (χ3n) is 3.48. The van der Waals surface area contributed by atoms with E-state index in [1.807, 2.05) is 18.2 Å². The number of halogens is 3. The first-order valence-corrected chi connectivity index (χ1v) is 8.98. The fourth-order valence-corrected chi connectivity index (χ4v) is 3.80. The highest BCUT2D eigenvalue weighted by Gasteiger charge is 2.28. The SMILES string of the molecule is O=C(c1c(F)cccc1Cl)N1CCN=C1SCc1cccc(Cl)c1. The second-order valence-corrected chi connectivity index (χ2v) is 6.92. The molecule has 7 heteroatoms. The molecule has 0 aromatic heterocycles. The number of thioether (sulfide) groups is 1. The van der Waals surface area contributed by atoms with Gasteiger partial charge in [-0.15, -0.1) is 0 Å². The molecule has 0 radical (unpaired) electrons. The van der Waals surface area contributed by atoms with Crippen LogP contribution in [0, 0.1) is 5.82 Å². The average Bonchev–Trinajstić information content (AvgIpc) is 3.01. The zero-order valence-electron chi connectivity index (χ0n) is 12.5. The lowest BCUT2D eigenvalue weighted by Crippen LogP contribution is -2.33. The molecule has 0 saturated carbocycles. The molecule has 24 heavy (non-hydrogen) atoms. The van der Waals surface area contributed by atoms with Gasteiger partial charge in [0.2, 0.25) is 0 Å². The lowest BCUT2D eigenvalue weighted by atomic mass is 10.2. The Morgan fingerprint density at radius 3 is 2.79 bits per heavy atom. The van der Waals surface area contributed by atoms with E-state index in [0.29, 0.717) is 29.0 Å². The number of aliphatic imine (C=N–C) groups is 1. The highest BCUT2D eigenvalue weighted by molar-refractivity contribution is 8.13. The van der Waals surface area contributed by atoms with Crippen LogP contribution in [0.5, 0.6) is 0 Å². The molecule has 0 N–H and O–H groups in total. The molecule has 2 aromatic carbocycles. The summed E-state index contributed by atoms with van der Waals surface area (Å²) >= 11 is 13.4. The summed E-state index contributed by atoms with van der Waals surface area (Å²) in [6, 6.07) is 11.7. The highest BCUT2D eigenvalue weighted by atomic mass is 35.5. The van der Waals surface area contributed by atoms with Crippen LogP contribution in [0.1, 0.15) is 15.9 Å². The third-order valence-corrected chi connectivity index (χ3v) is 5.12. The van der Waals surface area contributed by atoms with Crippen molar-refractivity contribution in [3.05, 3.63) is 69.5 Å². The van der Waals surface area contributed by atoms with Crippen molar-refractivity contribution in [1.29, 1.82) is 0 Å². The van der Waals surface area contributed by atoms with Gasteiger partial charge in [-0.05, 0) is 29.8 Å². The molecule has 0 saturated heterocycles. The maximum absolute atomic E-state index is 14.0. The summed E-state index contributed by atoms with van der Waals surface area (Å²) in [6.07, 6.45) is 0. The van der Waals surface area contributed by atoms with Crippen molar-refractivity contribution in [2.45, 2.75) is 5.75 Å². The van der Waals surface area contributed by atoms with Gasteiger partial charge in [0, 0.05) is 17.3 Å². The summed E-state index contributed by atoms with van der Waals surface area (Å²) in [5, 5.41) is 1.33. The van der Waals surface area contributed by atoms with Crippen LogP contribution in [0.2, 0.25) is 10.0 Å². The van der Waals surface area contributed by atoms with Crippen LogP contribution in [0.3, 0.4) is 0 Å². The smallest absolute Gasteiger partial charge is 0.264 e. The first-order valence-electron chi connectivity index (χ1n) is 7.24. The van der Waals surface area contributed by atoms with Gasteiger partial charge in [-0.3, -0.25) is 14.7 Å². The number of rotatable bonds is 3. The molecule has 0 unspecified atom stereocenters. The van der Waals surface area contributed by atoms with Crippen LogP contribution >= 0.6 is 35.0 Å². The highest BCUT2D eigenvalue weighted by Crippen LogP contribution is 2.26. The van der Waals surface area contributed by atoms with E-state index >= 15 is 0 Å². The Bertz CT molecular complexity index is 793. The molecule has 3 nitrogen and oxygen atoms in total. The normalized spacial score (nSPS) is 14.0. The molecule has 1 aliphatic rings. The van der Waals surface area contributed by atoms with E-state index in [1.165, 1.54) is 34.9 Å². The lowest BCUT2D eigenvalue weighted by molar-refractivity contribution is 0.0856. The predicted octanol–water partition coefficient (Wildman–Crippen LogP) is 4.88. The Morgan fingerprint density at radius 2 is 2.04 bits per heavy atom. The Balaban J connectivity index is 1.74. The zero-order valence-corrected chi connectivity index (χ0v) is 14.8. The Hall–Kier alpha value is -1.56. The van der Waals surface area contributed by atoms with Crippen LogP contribution in [-0.2, 0) is 5.75 Å². The molecule has 0 fully saturated rings. The largest absolute Gasteiger partial charge is 0.285 e. The number of hydrogen-bond donors (Lipinski definition) is 0. The minimum atomic E-state index is -0.626. The van der Waals surface area contributed by atoms with Crippen LogP contribution in [0.4, 0.5) is 4.39 Å². The van der Waals surface area contributed by atoms with Gasteiger partial charge in [-0.25, -0.2) is 4.39 Å². The maximum Gasteiger partial charge on any atom is 0.264 e. The van der Waals surface area contributed by atoms with Crippen LogP contribution in [0.15, 0.2) is 47.5 Å². The van der Waals surface area contributed by atoms with Crippen LogP contribution < -0.4 is 0 Å². The summed E-state index contributed by atoms with van der Waals surface area (Å²) in [5.74, 6) is -0.472. The molecule has 0 aliphatic carbocycles. The minimum absolute atomic E-state index is 0.103. The lowest BCUT2D eigenvalue weighted by Gasteiger charge is -2.19. The van der Waals surface area contributed by atoms with Gasteiger partial charge in [0.1, 0.15) is 5.82 Å². The van der Waals surface area contributed by atoms with Crippen LogP contribution in [-0.4, -0.2) is 29.1 Å². The molecule has 3 rings (SSSR count). The number of amides is 1. The molecule has 1 amide bonds. The van der Waals surface area contributed by atoms with E-state index in [4.69, 9.17) is 23.2 Å². The van der Waals surface area contributed by atoms with E-state index in [2.05, 4.69) is 4.99 Å². The molecular weight excluding hydrogens is 370 g/mol. The summed E-state index contributed by atoms with van der Waals surface area (Å²) in [6.45, 7) is 0.914. The van der Waals surface area contributed by atoms with Crippen molar-refractivity contribution in [1.82, 2.24) is 4.90 Å². The van der Waals surface area contributed by atoms with E-state index in [9.17, 15) is 9.18 Å². The van der Waals surface area contributed by atoms with Crippen molar-refractivity contribution >= 4 is 46.0 Å². The second kappa shape index (κ2) is 7.55. The maximum atomic E-state index is 14.0. The number of benzene rings is 2. The Labute approximate surface area is 153 Å². The number of carbonyl (C=O) groups excluding carboxylic acids is 1. The fraction of sp³-hybridized carbons (Fsp3) is 0.176. The third kappa shape index (κ3) is 3.74. The van der Waals surface area contributed by atoms with Crippen molar-refractivity contribution in [3.63, 3.8) is 0 Å². The Morgan fingerprint density at radius 1 is 1.25 bits per heavy atom. The molecule has 0 atom stereocenters. The first-order chi connectivity index (χ1) is 11.6. The number of hydrogen-bond acceptors (Lipinski definition) is 3. The predicted molar refractivity (Wildman–Crippen MR) is 97.5 cm³/mol. The second-order valence-electron chi connectivity index (χ2n) is 5.14. The molecule has 1 aliphatic heterocycles. The van der Waals surface area contributed by atoms with Crippen molar-refractivity contribution in [2.24, 2.45) is 4.99 Å². The molecule has 0 bridgehead atoms. The number of amidine groups is 1. The summed E-state index contributed by atoms with van der Waals surface area (Å²) in [5.41, 5.74) is 0.913. The number of carbonyl (C=O) groups is 1. The van der Waals surface area contributed by atoms with Gasteiger partial charge in [-0.1, -0.05) is 53.2 Å². The first kappa shape index (κ1) is 17.3. The standard InChI is InChI=1S/C17H13Cl2FN2OS/c18-12-4-1-3-11(9-12)10-24-17-21-7-8-22(17)16(23)15-13(19)5-2-6-14(15)20/h1-6,9H,7-8,10H2. The molecule has 2 aromatic rings. The van der Waals surface area contributed by atoms with E-state index in [-0.39, 0.29) is 10.6 Å². The van der Waals surface area contributed by atoms with Gasteiger partial charge in [0.15, 0.2) is 5.17 Å². The quantitative estimate of drug-likeness (QED) is 0.757. The van der Waals surface area contributed by atoms with Crippen molar-refractivity contribution < 1.29 is 9.18 Å². The fourth-order valence-electron chi connectivity index (χ4n) is 2.35. The Kier molecular flexibility index (Phi) is 5.43. The van der Waals surface area contributed by atoms with Crippen LogP contribution in [0.25, 0.3) is 0 Å². The molecule has 1 heterocycles. The van der Waals surface area contributed by atoms with Gasteiger partial charge in [0.25, 0.3) is 5.91 Å². The van der Waals surface area contributed by atoms with Gasteiger partial charge in [-0.2, -0.15) is 0 Å². The average molecular weight is 383 g/mol. The van der Waals surface area contributed by atoms with Crippen molar-refractivity contribution in [3.8, 4) is 0 Å². The van der Waals surface area contributed by atoms with E-state index in [0.717, 1.165) is 5.56 Å². The summed E-state index contributed by atoms with van der Waals surface area (Å²) < 4.78 is 14.0. The minimum Gasteiger partial charge on any atom is -0.285 e. The molecule has 0 spiro atoms. The van der Waals surface area contributed by atoms with E-state index in [1.54, 1.807) is 6.07 Å². The van der Waals surface area contributed by atoms with Gasteiger partial charge in [0.05, 0.1) is 17.1 Å². The zero-order chi connectivity index (χ0) is 17.1. The number of nitrogens with zero attached hydrogens (tertiary/aromatic N) is 2. The van der Waals surface area contributed by atoms with Gasteiger partial charge >= 0.3 is 0 Å². The van der Waals surface area contributed by atoms with Crippen molar-refractivity contribution in [2.75, 3.05) is 13.1 Å². The monoisotopic (exact) mass is 382 g/mol. The topological polar surface area (TPSA) is 32.7 Å². The summed E-state index contributed by atoms with van der Waals surface area (Å²) in [4.78, 5) is 18.5. The molecule has 124 valence electrons. The van der Waals surface area contributed by atoms with Gasteiger partial charge < -0.3 is 0 Å². The summed E-state index contributed by atoms with van der Waals surface area (Å²) in [7, 11) is 0. The van der Waals surface area contributed by atoms with E-state index < -0.39 is 11.7 Å².